The van der Waals surface area contributed by atoms with Crippen molar-refractivity contribution < 1.29 is 0 Å². The van der Waals surface area contributed by atoms with Crippen LogP contribution >= 0.6 is 15.9 Å². The van der Waals surface area contributed by atoms with Crippen LogP contribution < -0.4 is 10.9 Å². The molecule has 0 radical (unpaired) electrons. The molecule has 0 saturated heterocycles. The van der Waals surface area contributed by atoms with E-state index in [4.69, 9.17) is 0 Å². The standard InChI is InChI=1S/C11H14BrN3O/c1-3-5-6-13-9-8-14-15(7-4-2)11(16)10(9)12/h8,13H,4,6-7H2,1-2H3. The van der Waals surface area contributed by atoms with Gasteiger partial charge in [-0.25, -0.2) is 4.68 Å². The Hall–Kier alpha value is -1.28. The minimum absolute atomic E-state index is 0.115. The Morgan fingerprint density at radius 1 is 1.62 bits per heavy atom. The summed E-state index contributed by atoms with van der Waals surface area (Å²) in [4.78, 5) is 11.8. The van der Waals surface area contributed by atoms with E-state index in [0.717, 1.165) is 6.42 Å². The SMILES string of the molecule is CC#CCNc1cnn(CCC)c(=O)c1Br. The zero-order valence-electron chi connectivity index (χ0n) is 9.38. The first-order valence-corrected chi connectivity index (χ1v) is 5.89. The van der Waals surface area contributed by atoms with Gasteiger partial charge in [0.25, 0.3) is 5.56 Å². The van der Waals surface area contributed by atoms with E-state index in [9.17, 15) is 4.79 Å². The number of hydrogen-bond donors (Lipinski definition) is 1. The highest BCUT2D eigenvalue weighted by Gasteiger charge is 2.06. The van der Waals surface area contributed by atoms with Crippen LogP contribution in [0.15, 0.2) is 15.5 Å². The highest BCUT2D eigenvalue weighted by atomic mass is 79.9. The molecule has 0 atom stereocenters. The molecule has 1 heterocycles. The van der Waals surface area contributed by atoms with Crippen molar-refractivity contribution in [3.05, 3.63) is 21.0 Å². The van der Waals surface area contributed by atoms with Crippen LogP contribution in [0.5, 0.6) is 0 Å². The van der Waals surface area contributed by atoms with Gasteiger partial charge < -0.3 is 5.32 Å². The van der Waals surface area contributed by atoms with E-state index in [-0.39, 0.29) is 5.56 Å². The van der Waals surface area contributed by atoms with Crippen LogP contribution in [0.25, 0.3) is 0 Å². The van der Waals surface area contributed by atoms with Gasteiger partial charge in [0.15, 0.2) is 0 Å². The third-order valence-corrected chi connectivity index (χ3v) is 2.73. The summed E-state index contributed by atoms with van der Waals surface area (Å²) in [6.07, 6.45) is 2.52. The second-order valence-corrected chi connectivity index (χ2v) is 3.97. The van der Waals surface area contributed by atoms with Crippen molar-refractivity contribution >= 4 is 21.6 Å². The zero-order valence-corrected chi connectivity index (χ0v) is 11.0. The minimum atomic E-state index is -0.115. The van der Waals surface area contributed by atoms with Crippen LogP contribution in [0.1, 0.15) is 20.3 Å². The molecule has 0 aliphatic heterocycles. The molecular weight excluding hydrogens is 270 g/mol. The predicted molar refractivity (Wildman–Crippen MR) is 68.4 cm³/mol. The maximum absolute atomic E-state index is 11.8. The lowest BCUT2D eigenvalue weighted by molar-refractivity contribution is 0.566. The van der Waals surface area contributed by atoms with Gasteiger partial charge in [0, 0.05) is 6.54 Å². The summed E-state index contributed by atoms with van der Waals surface area (Å²) in [5.74, 6) is 5.64. The highest BCUT2D eigenvalue weighted by Crippen LogP contribution is 2.15. The average molecular weight is 284 g/mol. The van der Waals surface area contributed by atoms with E-state index >= 15 is 0 Å². The molecule has 0 aliphatic rings. The molecule has 0 saturated carbocycles. The van der Waals surface area contributed by atoms with Crippen molar-refractivity contribution in [2.75, 3.05) is 11.9 Å². The summed E-state index contributed by atoms with van der Waals surface area (Å²) in [5.41, 5.74) is 0.566. The summed E-state index contributed by atoms with van der Waals surface area (Å²) in [6.45, 7) is 4.92. The number of aromatic nitrogens is 2. The minimum Gasteiger partial charge on any atom is -0.372 e. The Labute approximate surface area is 103 Å². The lowest BCUT2D eigenvalue weighted by atomic mass is 10.4. The number of anilines is 1. The topological polar surface area (TPSA) is 46.9 Å². The van der Waals surface area contributed by atoms with E-state index in [2.05, 4.69) is 38.2 Å². The molecule has 1 aromatic heterocycles. The number of nitrogens with one attached hydrogen (secondary N) is 1. The third-order valence-electron chi connectivity index (χ3n) is 1.96. The number of rotatable bonds is 4. The van der Waals surface area contributed by atoms with Gasteiger partial charge in [-0.1, -0.05) is 12.8 Å². The lowest BCUT2D eigenvalue weighted by Crippen LogP contribution is -2.24. The lowest BCUT2D eigenvalue weighted by Gasteiger charge is -2.07. The van der Waals surface area contributed by atoms with Crippen molar-refractivity contribution in [3.63, 3.8) is 0 Å². The maximum atomic E-state index is 11.8. The first kappa shape index (κ1) is 12.8. The first-order chi connectivity index (χ1) is 7.70. The van der Waals surface area contributed by atoms with Crippen LogP contribution in [0.2, 0.25) is 0 Å². The van der Waals surface area contributed by atoms with Gasteiger partial charge in [-0.2, -0.15) is 5.10 Å². The van der Waals surface area contributed by atoms with Crippen molar-refractivity contribution in [2.24, 2.45) is 0 Å². The zero-order chi connectivity index (χ0) is 12.0. The largest absolute Gasteiger partial charge is 0.372 e. The summed E-state index contributed by atoms with van der Waals surface area (Å²) in [6, 6.07) is 0. The fraction of sp³-hybridized carbons (Fsp3) is 0.455. The molecule has 1 rings (SSSR count). The molecule has 0 amide bonds. The molecule has 4 nitrogen and oxygen atoms in total. The molecule has 5 heteroatoms. The van der Waals surface area contributed by atoms with E-state index in [0.29, 0.717) is 23.2 Å². The van der Waals surface area contributed by atoms with Crippen LogP contribution in [-0.4, -0.2) is 16.3 Å². The quantitative estimate of drug-likeness (QED) is 0.858. The number of nitrogens with zero attached hydrogens (tertiary/aromatic N) is 2. The second kappa shape index (κ2) is 6.33. The van der Waals surface area contributed by atoms with Crippen molar-refractivity contribution in [3.8, 4) is 11.8 Å². The summed E-state index contributed by atoms with van der Waals surface area (Å²) >= 11 is 3.27. The summed E-state index contributed by atoms with van der Waals surface area (Å²) in [7, 11) is 0. The molecule has 0 spiro atoms. The predicted octanol–water partition coefficient (Wildman–Crippen LogP) is 1.85. The van der Waals surface area contributed by atoms with Crippen LogP contribution in [-0.2, 0) is 6.54 Å². The number of halogens is 1. The van der Waals surface area contributed by atoms with Gasteiger partial charge in [-0.05, 0) is 29.3 Å². The molecule has 16 heavy (non-hydrogen) atoms. The van der Waals surface area contributed by atoms with Crippen molar-refractivity contribution in [1.29, 1.82) is 0 Å². The van der Waals surface area contributed by atoms with Crippen LogP contribution in [0, 0.1) is 11.8 Å². The van der Waals surface area contributed by atoms with Gasteiger partial charge in [0.05, 0.1) is 18.4 Å². The Morgan fingerprint density at radius 2 is 2.38 bits per heavy atom. The Balaban J connectivity index is 2.91. The Morgan fingerprint density at radius 3 is 3.00 bits per heavy atom. The van der Waals surface area contributed by atoms with Gasteiger partial charge in [0.2, 0.25) is 0 Å². The number of hydrogen-bond acceptors (Lipinski definition) is 3. The van der Waals surface area contributed by atoms with Crippen LogP contribution in [0.3, 0.4) is 0 Å². The van der Waals surface area contributed by atoms with Crippen molar-refractivity contribution in [1.82, 2.24) is 9.78 Å². The summed E-state index contributed by atoms with van der Waals surface area (Å²) < 4.78 is 1.95. The Kier molecular flexibility index (Phi) is 5.06. The normalized spacial score (nSPS) is 9.44. The first-order valence-electron chi connectivity index (χ1n) is 5.09. The summed E-state index contributed by atoms with van der Waals surface area (Å²) in [5, 5.41) is 7.10. The monoisotopic (exact) mass is 283 g/mol. The number of aryl methyl sites for hydroxylation is 1. The molecule has 86 valence electrons. The molecule has 0 aromatic carbocycles. The molecule has 1 aromatic rings. The molecule has 0 aliphatic carbocycles. The molecular formula is C11H14BrN3O. The fourth-order valence-electron chi connectivity index (χ4n) is 1.19. The van der Waals surface area contributed by atoms with E-state index < -0.39 is 0 Å². The third kappa shape index (κ3) is 3.11. The smallest absolute Gasteiger partial charge is 0.283 e. The van der Waals surface area contributed by atoms with Crippen molar-refractivity contribution in [2.45, 2.75) is 26.8 Å². The fourth-order valence-corrected chi connectivity index (χ4v) is 1.63. The molecule has 0 unspecified atom stereocenters. The van der Waals surface area contributed by atoms with Gasteiger partial charge in [-0.3, -0.25) is 4.79 Å². The average Bonchev–Trinajstić information content (AvgIpc) is 2.28. The van der Waals surface area contributed by atoms with E-state index in [1.807, 2.05) is 6.92 Å². The molecule has 0 fully saturated rings. The Bertz CT molecular complexity index is 470. The molecule has 1 N–H and O–H groups in total. The van der Waals surface area contributed by atoms with Gasteiger partial charge in [0.1, 0.15) is 4.47 Å². The second-order valence-electron chi connectivity index (χ2n) is 3.18. The van der Waals surface area contributed by atoms with Crippen LogP contribution in [0.4, 0.5) is 5.69 Å². The van der Waals surface area contributed by atoms with E-state index in [1.165, 1.54) is 4.68 Å². The molecule has 0 bridgehead atoms. The van der Waals surface area contributed by atoms with E-state index in [1.54, 1.807) is 13.1 Å². The van der Waals surface area contributed by atoms with Gasteiger partial charge >= 0.3 is 0 Å². The maximum Gasteiger partial charge on any atom is 0.283 e. The highest BCUT2D eigenvalue weighted by molar-refractivity contribution is 9.10. The van der Waals surface area contributed by atoms with Gasteiger partial charge in [-0.15, -0.1) is 5.92 Å².